The third kappa shape index (κ3) is 4.12. The Bertz CT molecular complexity index is 1010. The van der Waals surface area contributed by atoms with Gasteiger partial charge in [0.15, 0.2) is 0 Å². The number of ether oxygens (including phenoxy) is 2. The van der Waals surface area contributed by atoms with Crippen LogP contribution in [0.5, 0.6) is 5.75 Å². The Labute approximate surface area is 188 Å². The molecular formula is C23H28BFN2O5. The molecule has 2 aliphatic heterocycles. The second kappa shape index (κ2) is 8.46. The van der Waals surface area contributed by atoms with E-state index >= 15 is 4.39 Å². The molecule has 1 saturated heterocycles. The summed E-state index contributed by atoms with van der Waals surface area (Å²) in [6, 6.07) is 6.76. The molecule has 2 aliphatic rings. The molecule has 4 rings (SSSR count). The molecule has 0 aliphatic carbocycles. The molecule has 1 aromatic heterocycles. The fourth-order valence-electron chi connectivity index (χ4n) is 3.77. The van der Waals surface area contributed by atoms with Crippen LogP contribution in [-0.2, 0) is 27.1 Å². The Hall–Kier alpha value is -2.49. The lowest BCUT2D eigenvalue weighted by molar-refractivity contribution is 0.00578. The summed E-state index contributed by atoms with van der Waals surface area (Å²) in [4.78, 5) is 18.5. The molecule has 0 unspecified atom stereocenters. The van der Waals surface area contributed by atoms with Gasteiger partial charge in [0.25, 0.3) is 5.91 Å². The van der Waals surface area contributed by atoms with Crippen LogP contribution in [0.25, 0.3) is 0 Å². The van der Waals surface area contributed by atoms with Crippen molar-refractivity contribution >= 4 is 18.5 Å². The summed E-state index contributed by atoms with van der Waals surface area (Å²) in [6.07, 6.45) is 1.58. The highest BCUT2D eigenvalue weighted by molar-refractivity contribution is 6.62. The number of methoxy groups -OCH3 is 1. The molecule has 0 N–H and O–H groups in total. The van der Waals surface area contributed by atoms with Gasteiger partial charge < -0.3 is 23.7 Å². The van der Waals surface area contributed by atoms with Crippen LogP contribution in [0.1, 0.15) is 49.3 Å². The number of hydrogen-bond donors (Lipinski definition) is 0. The fourth-order valence-corrected chi connectivity index (χ4v) is 3.77. The molecule has 0 saturated carbocycles. The fraction of sp³-hybridized carbons (Fsp3) is 0.478. The van der Waals surface area contributed by atoms with Crippen LogP contribution in [0, 0.1) is 5.82 Å². The monoisotopic (exact) mass is 442 g/mol. The second-order valence-corrected chi connectivity index (χ2v) is 9.08. The molecule has 2 aromatic rings. The normalized spacial score (nSPS) is 18.9. The average molecular weight is 442 g/mol. The van der Waals surface area contributed by atoms with E-state index < -0.39 is 24.1 Å². The SMILES string of the molecule is COCCOc1cc(B2OC(C)(C)C(C)(C)O2)cc(F)c1CN1Cc2cccnc2C1=O. The Morgan fingerprint density at radius 3 is 2.56 bits per heavy atom. The van der Waals surface area contributed by atoms with Crippen molar-refractivity contribution in [3.63, 3.8) is 0 Å². The van der Waals surface area contributed by atoms with E-state index in [-0.39, 0.29) is 19.1 Å². The first kappa shape index (κ1) is 22.7. The van der Waals surface area contributed by atoms with Crippen LogP contribution >= 0.6 is 0 Å². The summed E-state index contributed by atoms with van der Waals surface area (Å²) in [5, 5.41) is 0. The number of rotatable bonds is 7. The number of pyridine rings is 1. The second-order valence-electron chi connectivity index (χ2n) is 9.08. The summed E-state index contributed by atoms with van der Waals surface area (Å²) in [5.41, 5.74) is 0.949. The standard InChI is InChI=1S/C23H28BFN2O5/c1-22(2)23(3,4)32-24(31-22)16-11-18(25)17(19(12-16)30-10-9-29-5)14-27-13-15-7-6-8-26-20(15)21(27)28/h6-8,11-12H,9-10,13-14H2,1-5H3. The number of aromatic nitrogens is 1. The van der Waals surface area contributed by atoms with Crippen molar-refractivity contribution in [3.8, 4) is 5.75 Å². The number of carbonyl (C=O) groups is 1. The lowest BCUT2D eigenvalue weighted by Crippen LogP contribution is -2.41. The largest absolute Gasteiger partial charge is 0.495 e. The van der Waals surface area contributed by atoms with Gasteiger partial charge in [-0.25, -0.2) is 4.39 Å². The molecular weight excluding hydrogens is 414 g/mol. The molecule has 1 fully saturated rings. The summed E-state index contributed by atoms with van der Waals surface area (Å²) >= 11 is 0. The van der Waals surface area contributed by atoms with Crippen LogP contribution < -0.4 is 10.2 Å². The van der Waals surface area contributed by atoms with Gasteiger partial charge >= 0.3 is 7.12 Å². The van der Waals surface area contributed by atoms with Gasteiger partial charge in [-0.15, -0.1) is 0 Å². The number of carbonyl (C=O) groups excluding carboxylic acids is 1. The average Bonchev–Trinajstić information content (AvgIpc) is 3.16. The van der Waals surface area contributed by atoms with Crippen molar-refractivity contribution in [1.29, 1.82) is 0 Å². The lowest BCUT2D eigenvalue weighted by Gasteiger charge is -2.32. The summed E-state index contributed by atoms with van der Waals surface area (Å²) < 4.78 is 38.5. The van der Waals surface area contributed by atoms with Gasteiger partial charge in [0.05, 0.1) is 24.4 Å². The maximum Gasteiger partial charge on any atom is 0.495 e. The van der Waals surface area contributed by atoms with Crippen LogP contribution in [0.3, 0.4) is 0 Å². The molecule has 3 heterocycles. The number of halogens is 1. The lowest BCUT2D eigenvalue weighted by atomic mass is 9.78. The minimum absolute atomic E-state index is 0.0625. The molecule has 0 spiro atoms. The quantitative estimate of drug-likeness (QED) is 0.485. The number of nitrogens with zero attached hydrogens (tertiary/aromatic N) is 2. The van der Waals surface area contributed by atoms with Gasteiger partial charge in [-0.2, -0.15) is 0 Å². The van der Waals surface area contributed by atoms with Gasteiger partial charge in [-0.1, -0.05) is 6.07 Å². The first-order valence-electron chi connectivity index (χ1n) is 10.7. The van der Waals surface area contributed by atoms with Crippen LogP contribution in [0.2, 0.25) is 0 Å². The predicted octanol–water partition coefficient (Wildman–Crippen LogP) is 2.70. The minimum Gasteiger partial charge on any atom is -0.491 e. The van der Waals surface area contributed by atoms with Crippen molar-refractivity contribution in [2.24, 2.45) is 0 Å². The van der Waals surface area contributed by atoms with E-state index in [0.717, 1.165) is 5.56 Å². The van der Waals surface area contributed by atoms with Crippen LogP contribution in [-0.4, -0.2) is 54.4 Å². The highest BCUT2D eigenvalue weighted by Crippen LogP contribution is 2.37. The zero-order valence-corrected chi connectivity index (χ0v) is 19.1. The van der Waals surface area contributed by atoms with Crippen molar-refractivity contribution in [2.45, 2.75) is 52.0 Å². The Balaban J connectivity index is 1.63. The Morgan fingerprint density at radius 1 is 1.19 bits per heavy atom. The van der Waals surface area contributed by atoms with Crippen molar-refractivity contribution < 1.29 is 28.0 Å². The van der Waals surface area contributed by atoms with Crippen molar-refractivity contribution in [3.05, 3.63) is 53.1 Å². The molecule has 9 heteroatoms. The van der Waals surface area contributed by atoms with Gasteiger partial charge in [0.2, 0.25) is 0 Å². The van der Waals surface area contributed by atoms with E-state index in [9.17, 15) is 4.79 Å². The maximum atomic E-state index is 15.4. The van der Waals surface area contributed by atoms with E-state index in [1.165, 1.54) is 6.07 Å². The maximum absolute atomic E-state index is 15.4. The number of hydrogen-bond acceptors (Lipinski definition) is 6. The van der Waals surface area contributed by atoms with Crippen LogP contribution in [0.15, 0.2) is 30.5 Å². The first-order chi connectivity index (χ1) is 15.1. The topological polar surface area (TPSA) is 70.1 Å². The number of benzene rings is 1. The summed E-state index contributed by atoms with van der Waals surface area (Å²) in [7, 11) is 0.842. The Kier molecular flexibility index (Phi) is 6.00. The van der Waals surface area contributed by atoms with Gasteiger partial charge in [0.1, 0.15) is 23.9 Å². The van der Waals surface area contributed by atoms with E-state index in [0.29, 0.717) is 35.6 Å². The first-order valence-corrected chi connectivity index (χ1v) is 10.7. The third-order valence-corrected chi connectivity index (χ3v) is 6.34. The zero-order valence-electron chi connectivity index (χ0n) is 19.1. The molecule has 1 aromatic carbocycles. The van der Waals surface area contributed by atoms with Gasteiger partial charge in [0, 0.05) is 31.0 Å². The summed E-state index contributed by atoms with van der Waals surface area (Å²) in [6.45, 7) is 8.80. The number of amides is 1. The smallest absolute Gasteiger partial charge is 0.491 e. The number of fused-ring (bicyclic) bond motifs is 1. The van der Waals surface area contributed by atoms with Crippen molar-refractivity contribution in [2.75, 3.05) is 20.3 Å². The molecule has 0 atom stereocenters. The third-order valence-electron chi connectivity index (χ3n) is 6.34. The minimum atomic E-state index is -0.727. The van der Waals surface area contributed by atoms with E-state index in [1.807, 2.05) is 33.8 Å². The molecule has 1 amide bonds. The van der Waals surface area contributed by atoms with Gasteiger partial charge in [-0.3, -0.25) is 9.78 Å². The van der Waals surface area contributed by atoms with E-state index in [2.05, 4.69) is 4.98 Å². The van der Waals surface area contributed by atoms with Crippen LogP contribution in [0.4, 0.5) is 4.39 Å². The summed E-state index contributed by atoms with van der Waals surface area (Å²) in [5.74, 6) is -0.373. The molecule has 7 nitrogen and oxygen atoms in total. The molecule has 0 radical (unpaired) electrons. The highest BCUT2D eigenvalue weighted by Gasteiger charge is 2.52. The molecule has 32 heavy (non-hydrogen) atoms. The predicted molar refractivity (Wildman–Crippen MR) is 117 cm³/mol. The van der Waals surface area contributed by atoms with Gasteiger partial charge in [-0.05, 0) is 51.4 Å². The molecule has 0 bridgehead atoms. The molecule has 170 valence electrons. The Morgan fingerprint density at radius 2 is 1.91 bits per heavy atom. The van der Waals surface area contributed by atoms with E-state index in [1.54, 1.807) is 30.3 Å². The zero-order chi connectivity index (χ0) is 23.1. The highest BCUT2D eigenvalue weighted by atomic mass is 19.1. The van der Waals surface area contributed by atoms with Crippen molar-refractivity contribution in [1.82, 2.24) is 9.88 Å². The van der Waals surface area contributed by atoms with E-state index in [4.69, 9.17) is 18.8 Å².